The zero-order chi connectivity index (χ0) is 20.7. The highest BCUT2D eigenvalue weighted by Gasteiger charge is 2.28. The Labute approximate surface area is 172 Å². The van der Waals surface area contributed by atoms with Crippen LogP contribution in [0.25, 0.3) is 6.08 Å². The molecule has 0 fully saturated rings. The fraction of sp³-hybridized carbons (Fsp3) is 0.0833. The summed E-state index contributed by atoms with van der Waals surface area (Å²) >= 11 is 0. The van der Waals surface area contributed by atoms with E-state index in [4.69, 9.17) is 18.9 Å². The highest BCUT2D eigenvalue weighted by atomic mass is 16.7. The van der Waals surface area contributed by atoms with Crippen molar-refractivity contribution in [3.8, 4) is 23.0 Å². The monoisotopic (exact) mass is 400 g/mol. The van der Waals surface area contributed by atoms with Gasteiger partial charge in [0.25, 0.3) is 0 Å². The fourth-order valence-electron chi connectivity index (χ4n) is 3.32. The molecule has 0 saturated heterocycles. The lowest BCUT2D eigenvalue weighted by molar-refractivity contribution is 0.0734. The molecule has 3 aromatic rings. The van der Waals surface area contributed by atoms with Crippen molar-refractivity contribution in [1.82, 2.24) is 0 Å². The molecule has 3 aromatic carbocycles. The van der Waals surface area contributed by atoms with Gasteiger partial charge in [-0.25, -0.2) is 4.79 Å². The normalized spacial score (nSPS) is 15.1. The highest BCUT2D eigenvalue weighted by molar-refractivity contribution is 6.14. The zero-order valence-corrected chi connectivity index (χ0v) is 16.0. The van der Waals surface area contributed by atoms with Gasteiger partial charge >= 0.3 is 5.97 Å². The number of benzene rings is 3. The molecule has 0 atom stereocenters. The highest BCUT2D eigenvalue weighted by Crippen LogP contribution is 2.37. The number of hydrogen-bond acceptors (Lipinski definition) is 6. The third kappa shape index (κ3) is 3.28. The van der Waals surface area contributed by atoms with Gasteiger partial charge in [-0.3, -0.25) is 4.79 Å². The second-order valence-electron chi connectivity index (χ2n) is 6.97. The molecule has 2 heterocycles. The third-order valence-corrected chi connectivity index (χ3v) is 4.80. The lowest BCUT2D eigenvalue weighted by Crippen LogP contribution is -2.08. The summed E-state index contributed by atoms with van der Waals surface area (Å²) in [5.41, 5.74) is 2.58. The summed E-state index contributed by atoms with van der Waals surface area (Å²) in [7, 11) is 0. The van der Waals surface area contributed by atoms with E-state index >= 15 is 0 Å². The van der Waals surface area contributed by atoms with Crippen molar-refractivity contribution in [3.05, 3.63) is 88.7 Å². The Bertz CT molecular complexity index is 1220. The van der Waals surface area contributed by atoms with Crippen LogP contribution >= 0.6 is 0 Å². The number of esters is 1. The first-order valence-electron chi connectivity index (χ1n) is 9.34. The van der Waals surface area contributed by atoms with E-state index in [2.05, 4.69) is 0 Å². The topological polar surface area (TPSA) is 71.1 Å². The van der Waals surface area contributed by atoms with E-state index in [1.165, 1.54) is 0 Å². The Kier molecular flexibility index (Phi) is 4.25. The van der Waals surface area contributed by atoms with Crippen LogP contribution < -0.4 is 18.9 Å². The quantitative estimate of drug-likeness (QED) is 0.365. The standard InChI is InChI=1S/C24H16O6/c1-14-3-2-4-16(9-14)24(26)29-17-6-7-18-20(12-17)30-22(23(18)25)11-15-5-8-19-21(10-15)28-13-27-19/h2-12H,13H2,1H3/b22-11-. The maximum Gasteiger partial charge on any atom is 0.343 e. The van der Waals surface area contributed by atoms with Crippen molar-refractivity contribution in [2.24, 2.45) is 0 Å². The molecule has 0 N–H and O–H groups in total. The lowest BCUT2D eigenvalue weighted by atomic mass is 10.1. The number of carbonyl (C=O) groups is 2. The number of Topliss-reactive ketones (excluding diaryl/α,β-unsaturated/α-hetero) is 1. The van der Waals surface area contributed by atoms with Gasteiger partial charge in [-0.2, -0.15) is 0 Å². The van der Waals surface area contributed by atoms with E-state index in [1.54, 1.807) is 54.6 Å². The third-order valence-electron chi connectivity index (χ3n) is 4.80. The van der Waals surface area contributed by atoms with Crippen molar-refractivity contribution in [1.29, 1.82) is 0 Å². The van der Waals surface area contributed by atoms with Crippen LogP contribution in [0.1, 0.15) is 31.8 Å². The Morgan fingerprint density at radius 3 is 2.70 bits per heavy atom. The molecule has 5 rings (SSSR count). The molecule has 148 valence electrons. The number of carbonyl (C=O) groups excluding carboxylic acids is 2. The molecule has 0 spiro atoms. The molecule has 0 amide bonds. The number of fused-ring (bicyclic) bond motifs is 2. The van der Waals surface area contributed by atoms with E-state index < -0.39 is 5.97 Å². The summed E-state index contributed by atoms with van der Waals surface area (Å²) < 4.78 is 21.8. The van der Waals surface area contributed by atoms with Crippen LogP contribution in [-0.4, -0.2) is 18.5 Å². The molecule has 6 nitrogen and oxygen atoms in total. The maximum atomic E-state index is 12.7. The van der Waals surface area contributed by atoms with Crippen molar-refractivity contribution in [2.75, 3.05) is 6.79 Å². The summed E-state index contributed by atoms with van der Waals surface area (Å²) in [5, 5.41) is 0. The molecular weight excluding hydrogens is 384 g/mol. The van der Waals surface area contributed by atoms with Crippen LogP contribution in [0.15, 0.2) is 66.4 Å². The Morgan fingerprint density at radius 2 is 1.83 bits per heavy atom. The van der Waals surface area contributed by atoms with Crippen LogP contribution in [0.5, 0.6) is 23.0 Å². The van der Waals surface area contributed by atoms with Gasteiger partial charge in [0.2, 0.25) is 12.6 Å². The smallest absolute Gasteiger partial charge is 0.343 e. The second kappa shape index (κ2) is 7.08. The summed E-state index contributed by atoms with van der Waals surface area (Å²) in [6, 6.07) is 17.2. The SMILES string of the molecule is Cc1cccc(C(=O)Oc2ccc3c(c2)O/C(=C\c2ccc4c(c2)OCO4)C3=O)c1. The zero-order valence-electron chi connectivity index (χ0n) is 16.0. The van der Waals surface area contributed by atoms with Crippen molar-refractivity contribution >= 4 is 17.8 Å². The number of allylic oxidation sites excluding steroid dienone is 1. The van der Waals surface area contributed by atoms with Gasteiger partial charge in [0.05, 0.1) is 11.1 Å². The van der Waals surface area contributed by atoms with E-state index in [-0.39, 0.29) is 18.3 Å². The first kappa shape index (κ1) is 18.0. The van der Waals surface area contributed by atoms with Gasteiger partial charge < -0.3 is 18.9 Å². The molecule has 0 aromatic heterocycles. The van der Waals surface area contributed by atoms with Crippen LogP contribution in [0.3, 0.4) is 0 Å². The molecule has 0 bridgehead atoms. The molecule has 6 heteroatoms. The Balaban J connectivity index is 1.37. The largest absolute Gasteiger partial charge is 0.454 e. The summed E-state index contributed by atoms with van der Waals surface area (Å²) in [5.74, 6) is 1.42. The molecule has 0 radical (unpaired) electrons. The predicted molar refractivity (Wildman–Crippen MR) is 108 cm³/mol. The summed E-state index contributed by atoms with van der Waals surface area (Å²) in [6.07, 6.45) is 1.64. The van der Waals surface area contributed by atoms with Crippen LogP contribution in [0.2, 0.25) is 0 Å². The van der Waals surface area contributed by atoms with E-state index in [0.717, 1.165) is 11.1 Å². The Hall–Kier alpha value is -4.06. The van der Waals surface area contributed by atoms with Crippen molar-refractivity contribution < 1.29 is 28.5 Å². The molecular formula is C24H16O6. The molecule has 0 unspecified atom stereocenters. The van der Waals surface area contributed by atoms with Gasteiger partial charge in [-0.15, -0.1) is 0 Å². The number of ether oxygens (including phenoxy) is 4. The van der Waals surface area contributed by atoms with Crippen molar-refractivity contribution in [2.45, 2.75) is 6.92 Å². The number of ketones is 1. The lowest BCUT2D eigenvalue weighted by Gasteiger charge is -2.06. The maximum absolute atomic E-state index is 12.7. The second-order valence-corrected chi connectivity index (χ2v) is 6.97. The van der Waals surface area contributed by atoms with E-state index in [9.17, 15) is 9.59 Å². The number of aryl methyl sites for hydroxylation is 1. The van der Waals surface area contributed by atoms with Crippen LogP contribution in [0.4, 0.5) is 0 Å². The minimum absolute atomic E-state index is 0.181. The van der Waals surface area contributed by atoms with Gasteiger partial charge in [-0.1, -0.05) is 23.8 Å². The predicted octanol–water partition coefficient (Wildman–Crippen LogP) is 4.56. The van der Waals surface area contributed by atoms with Crippen molar-refractivity contribution in [3.63, 3.8) is 0 Å². The molecule has 0 saturated carbocycles. The number of rotatable bonds is 3. The minimum atomic E-state index is -0.473. The minimum Gasteiger partial charge on any atom is -0.454 e. The van der Waals surface area contributed by atoms with Crippen LogP contribution in [-0.2, 0) is 0 Å². The molecule has 0 aliphatic carbocycles. The average molecular weight is 400 g/mol. The summed E-state index contributed by atoms with van der Waals surface area (Å²) in [4.78, 5) is 25.0. The van der Waals surface area contributed by atoms with E-state index in [0.29, 0.717) is 34.1 Å². The molecule has 30 heavy (non-hydrogen) atoms. The van der Waals surface area contributed by atoms with E-state index in [1.807, 2.05) is 19.1 Å². The molecule has 2 aliphatic heterocycles. The van der Waals surface area contributed by atoms with Gasteiger partial charge in [0.1, 0.15) is 11.5 Å². The van der Waals surface area contributed by atoms with Crippen LogP contribution in [0, 0.1) is 6.92 Å². The summed E-state index contributed by atoms with van der Waals surface area (Å²) in [6.45, 7) is 2.08. The number of hydrogen-bond donors (Lipinski definition) is 0. The Morgan fingerprint density at radius 1 is 0.967 bits per heavy atom. The van der Waals surface area contributed by atoms with Gasteiger partial charge in [0, 0.05) is 6.07 Å². The average Bonchev–Trinajstić information content (AvgIpc) is 3.32. The van der Waals surface area contributed by atoms with Gasteiger partial charge in [-0.05, 0) is 55.0 Å². The first-order valence-corrected chi connectivity index (χ1v) is 9.34. The fourth-order valence-corrected chi connectivity index (χ4v) is 3.32. The first-order chi connectivity index (χ1) is 14.6. The van der Waals surface area contributed by atoms with Gasteiger partial charge in [0.15, 0.2) is 17.3 Å². The molecule has 2 aliphatic rings.